The molecule has 152 valence electrons. The molecule has 0 spiro atoms. The van der Waals surface area contributed by atoms with Crippen molar-refractivity contribution in [2.45, 2.75) is 52.0 Å². The van der Waals surface area contributed by atoms with Crippen molar-refractivity contribution in [1.29, 1.82) is 0 Å². The van der Waals surface area contributed by atoms with Gasteiger partial charge in [-0.15, -0.1) is 11.3 Å². The fraction of sp³-hybridized carbons (Fsp3) is 0.526. The summed E-state index contributed by atoms with van der Waals surface area (Å²) in [5.74, 6) is -0.267. The summed E-state index contributed by atoms with van der Waals surface area (Å²) in [6.45, 7) is 3.43. The molecule has 0 bridgehead atoms. The van der Waals surface area contributed by atoms with E-state index in [-0.39, 0.29) is 5.97 Å². The van der Waals surface area contributed by atoms with Crippen LogP contribution >= 0.6 is 35.2 Å². The monoisotopic (exact) mass is 440 g/mol. The number of esters is 1. The van der Waals surface area contributed by atoms with Crippen LogP contribution in [0.15, 0.2) is 12.4 Å². The molecule has 2 N–H and O–H groups in total. The second-order valence-electron chi connectivity index (χ2n) is 6.65. The summed E-state index contributed by atoms with van der Waals surface area (Å²) in [7, 11) is 0. The number of carbonyl (C=O) groups is 1. The summed E-state index contributed by atoms with van der Waals surface area (Å²) < 4.78 is 7.08. The summed E-state index contributed by atoms with van der Waals surface area (Å²) in [5, 5.41) is 12.4. The second kappa shape index (κ2) is 10.2. The largest absolute Gasteiger partial charge is 0.462 e. The highest BCUT2D eigenvalue weighted by molar-refractivity contribution is 7.80. The van der Waals surface area contributed by atoms with Crippen LogP contribution in [0.4, 0.5) is 5.00 Å². The summed E-state index contributed by atoms with van der Waals surface area (Å²) in [4.78, 5) is 13.9. The third-order valence-corrected chi connectivity index (χ3v) is 6.25. The molecule has 0 aliphatic heterocycles. The molecule has 2 heterocycles. The molecule has 0 saturated carbocycles. The Hall–Kier alpha value is -1.64. The molecule has 2 aromatic rings. The molecule has 6 nitrogen and oxygen atoms in total. The molecular formula is C19H25ClN4O2S2. The topological polar surface area (TPSA) is 68.2 Å². The van der Waals surface area contributed by atoms with Crippen LogP contribution in [0.2, 0.25) is 5.02 Å². The lowest BCUT2D eigenvalue weighted by Gasteiger charge is -2.12. The number of thiophene rings is 1. The number of fused-ring (bicyclic) bond motifs is 1. The molecule has 0 unspecified atom stereocenters. The van der Waals surface area contributed by atoms with Crippen LogP contribution in [0.1, 0.15) is 53.4 Å². The number of aromatic nitrogens is 2. The molecule has 0 aromatic carbocycles. The quantitative estimate of drug-likeness (QED) is 0.512. The number of thiocarbonyl (C=S) groups is 1. The van der Waals surface area contributed by atoms with Gasteiger partial charge in [-0.3, -0.25) is 4.68 Å². The van der Waals surface area contributed by atoms with Gasteiger partial charge in [0.1, 0.15) is 5.00 Å². The van der Waals surface area contributed by atoms with Crippen molar-refractivity contribution in [3.8, 4) is 0 Å². The predicted octanol–water partition coefficient (Wildman–Crippen LogP) is 4.42. The molecule has 1 aliphatic rings. The molecule has 0 radical (unpaired) electrons. The highest BCUT2D eigenvalue weighted by Gasteiger charge is 2.25. The minimum absolute atomic E-state index is 0.267. The van der Waals surface area contributed by atoms with Gasteiger partial charge in [0.25, 0.3) is 0 Å². The van der Waals surface area contributed by atoms with Crippen LogP contribution in [0.3, 0.4) is 0 Å². The SMILES string of the molecule is CCOC(=O)c1c(NC(=S)NCCn2cc(Cl)cn2)sc2c1CCCCCC2. The minimum Gasteiger partial charge on any atom is -0.462 e. The van der Waals surface area contributed by atoms with Crippen LogP contribution in [0, 0.1) is 0 Å². The average Bonchev–Trinajstić information content (AvgIpc) is 3.18. The third kappa shape index (κ3) is 5.46. The average molecular weight is 441 g/mol. The number of nitrogens with zero attached hydrogens (tertiary/aromatic N) is 2. The maximum Gasteiger partial charge on any atom is 0.341 e. The molecule has 1 aliphatic carbocycles. The Kier molecular flexibility index (Phi) is 7.70. The van der Waals surface area contributed by atoms with Gasteiger partial charge in [-0.1, -0.05) is 24.4 Å². The fourth-order valence-corrected chi connectivity index (χ4v) is 5.03. The molecule has 3 rings (SSSR count). The standard InChI is InChI=1S/C19H25ClN4O2S2/c1-2-26-18(25)16-14-7-5-3-4-6-8-15(14)28-17(16)23-19(27)21-9-10-24-12-13(20)11-22-24/h11-12H,2-10H2,1H3,(H2,21,23,27). The van der Waals surface area contributed by atoms with E-state index in [2.05, 4.69) is 15.7 Å². The van der Waals surface area contributed by atoms with Gasteiger partial charge in [-0.05, 0) is 50.4 Å². The van der Waals surface area contributed by atoms with E-state index >= 15 is 0 Å². The Morgan fingerprint density at radius 3 is 2.86 bits per heavy atom. The zero-order valence-electron chi connectivity index (χ0n) is 15.9. The van der Waals surface area contributed by atoms with Gasteiger partial charge in [0, 0.05) is 17.6 Å². The van der Waals surface area contributed by atoms with E-state index in [1.807, 2.05) is 6.92 Å². The van der Waals surface area contributed by atoms with Gasteiger partial charge in [0.15, 0.2) is 5.11 Å². The third-order valence-electron chi connectivity index (χ3n) is 4.61. The van der Waals surface area contributed by atoms with Crippen LogP contribution in [-0.2, 0) is 24.1 Å². The summed E-state index contributed by atoms with van der Waals surface area (Å²) in [5.41, 5.74) is 1.80. The number of hydrogen-bond donors (Lipinski definition) is 2. The molecule has 0 atom stereocenters. The van der Waals surface area contributed by atoms with Crippen molar-refractivity contribution in [3.63, 3.8) is 0 Å². The van der Waals surface area contributed by atoms with E-state index in [0.29, 0.717) is 35.4 Å². The Labute approximate surface area is 179 Å². The summed E-state index contributed by atoms with van der Waals surface area (Å²) >= 11 is 12.9. The van der Waals surface area contributed by atoms with E-state index < -0.39 is 0 Å². The zero-order valence-corrected chi connectivity index (χ0v) is 18.3. The summed E-state index contributed by atoms with van der Waals surface area (Å²) in [6.07, 6.45) is 10.00. The molecule has 28 heavy (non-hydrogen) atoms. The van der Waals surface area contributed by atoms with Crippen LogP contribution in [0.25, 0.3) is 0 Å². The van der Waals surface area contributed by atoms with E-state index in [1.165, 1.54) is 17.7 Å². The number of anilines is 1. The molecular weight excluding hydrogens is 416 g/mol. The van der Waals surface area contributed by atoms with Gasteiger partial charge in [-0.25, -0.2) is 4.79 Å². The predicted molar refractivity (Wildman–Crippen MR) is 118 cm³/mol. The van der Waals surface area contributed by atoms with E-state index in [0.717, 1.165) is 36.2 Å². The minimum atomic E-state index is -0.267. The maximum atomic E-state index is 12.6. The number of halogens is 1. The van der Waals surface area contributed by atoms with Gasteiger partial charge < -0.3 is 15.4 Å². The maximum absolute atomic E-state index is 12.6. The Balaban J connectivity index is 1.69. The molecule has 2 aromatic heterocycles. The van der Waals surface area contributed by atoms with Gasteiger partial charge >= 0.3 is 5.97 Å². The highest BCUT2D eigenvalue weighted by atomic mass is 35.5. The number of rotatable bonds is 6. The van der Waals surface area contributed by atoms with Crippen molar-refractivity contribution in [3.05, 3.63) is 33.4 Å². The lowest BCUT2D eigenvalue weighted by Crippen LogP contribution is -2.31. The lowest BCUT2D eigenvalue weighted by molar-refractivity contribution is 0.0526. The number of carbonyl (C=O) groups excluding carboxylic acids is 1. The number of ether oxygens (including phenoxy) is 1. The first kappa shape index (κ1) is 21.1. The highest BCUT2D eigenvalue weighted by Crippen LogP contribution is 2.37. The Morgan fingerprint density at radius 2 is 2.14 bits per heavy atom. The van der Waals surface area contributed by atoms with Crippen molar-refractivity contribution < 1.29 is 9.53 Å². The first-order valence-corrected chi connectivity index (χ1v) is 11.2. The van der Waals surface area contributed by atoms with Crippen molar-refractivity contribution >= 4 is 51.2 Å². The van der Waals surface area contributed by atoms with Crippen LogP contribution in [-0.4, -0.2) is 34.0 Å². The van der Waals surface area contributed by atoms with Crippen LogP contribution < -0.4 is 10.6 Å². The molecule has 0 saturated heterocycles. The van der Waals surface area contributed by atoms with Gasteiger partial charge in [0.05, 0.1) is 29.9 Å². The smallest absolute Gasteiger partial charge is 0.341 e. The van der Waals surface area contributed by atoms with Crippen LogP contribution in [0.5, 0.6) is 0 Å². The first-order chi connectivity index (χ1) is 13.6. The fourth-order valence-electron chi connectivity index (χ4n) is 3.32. The van der Waals surface area contributed by atoms with Crippen molar-refractivity contribution in [1.82, 2.24) is 15.1 Å². The Morgan fingerprint density at radius 1 is 1.36 bits per heavy atom. The first-order valence-electron chi connectivity index (χ1n) is 9.63. The van der Waals surface area contributed by atoms with E-state index in [4.69, 9.17) is 28.6 Å². The summed E-state index contributed by atoms with van der Waals surface area (Å²) in [6, 6.07) is 0. The van der Waals surface area contributed by atoms with Crippen molar-refractivity contribution in [2.75, 3.05) is 18.5 Å². The lowest BCUT2D eigenvalue weighted by atomic mass is 9.96. The normalized spacial score (nSPS) is 13.9. The van der Waals surface area contributed by atoms with Gasteiger partial charge in [0.2, 0.25) is 0 Å². The molecule has 0 amide bonds. The van der Waals surface area contributed by atoms with E-state index in [1.54, 1.807) is 28.4 Å². The number of hydrogen-bond acceptors (Lipinski definition) is 5. The number of aryl methyl sites for hydroxylation is 1. The van der Waals surface area contributed by atoms with Crippen molar-refractivity contribution in [2.24, 2.45) is 0 Å². The zero-order chi connectivity index (χ0) is 19.9. The Bertz CT molecular complexity index is 834. The molecule has 9 heteroatoms. The second-order valence-corrected chi connectivity index (χ2v) is 8.59. The van der Waals surface area contributed by atoms with E-state index in [9.17, 15) is 4.79 Å². The van der Waals surface area contributed by atoms with Gasteiger partial charge in [-0.2, -0.15) is 5.10 Å². The number of nitrogens with one attached hydrogen (secondary N) is 2. The molecule has 0 fully saturated rings.